The van der Waals surface area contributed by atoms with Gasteiger partial charge in [-0.2, -0.15) is 18.3 Å². The van der Waals surface area contributed by atoms with Crippen LogP contribution in [0.25, 0.3) is 22.2 Å². The molecule has 46 heavy (non-hydrogen) atoms. The second kappa shape index (κ2) is 12.6. The molecular weight excluding hydrogens is 657 g/mol. The highest BCUT2D eigenvalue weighted by Gasteiger charge is 2.57. The van der Waals surface area contributed by atoms with E-state index < -0.39 is 64.3 Å². The third-order valence-electron chi connectivity index (χ3n) is 7.38. The van der Waals surface area contributed by atoms with E-state index in [1.54, 1.807) is 10.9 Å². The van der Waals surface area contributed by atoms with E-state index >= 15 is 4.39 Å². The summed E-state index contributed by atoms with van der Waals surface area (Å²) in [6.07, 6.45) is -2.53. The van der Waals surface area contributed by atoms with Crippen LogP contribution in [0, 0.1) is 5.82 Å². The minimum atomic E-state index is -5.45. The molecule has 2 aromatic heterocycles. The lowest BCUT2D eigenvalue weighted by atomic mass is 9.93. The maximum absolute atomic E-state index is 15.3. The van der Waals surface area contributed by atoms with Crippen LogP contribution in [0.15, 0.2) is 36.5 Å². The first-order valence-electron chi connectivity index (χ1n) is 13.9. The molecule has 1 aliphatic carbocycles. The molecule has 1 saturated carbocycles. The number of fused-ring (bicyclic) bond motifs is 1. The smallest absolute Gasteiger partial charge is 0.424 e. The number of aliphatic hydroxyl groups is 1. The van der Waals surface area contributed by atoms with Crippen molar-refractivity contribution in [2.75, 3.05) is 20.3 Å². The number of carbonyl (C=O) groups is 2. The number of halogens is 6. The van der Waals surface area contributed by atoms with E-state index in [2.05, 4.69) is 15.4 Å². The van der Waals surface area contributed by atoms with Gasteiger partial charge in [0.2, 0.25) is 11.5 Å². The minimum Gasteiger partial charge on any atom is -0.494 e. The van der Waals surface area contributed by atoms with Crippen molar-refractivity contribution in [3.8, 4) is 22.8 Å². The van der Waals surface area contributed by atoms with Crippen LogP contribution in [0.2, 0.25) is 10.0 Å². The lowest BCUT2D eigenvalue weighted by Crippen LogP contribution is -2.51. The summed E-state index contributed by atoms with van der Waals surface area (Å²) in [5, 5.41) is 17.6. The summed E-state index contributed by atoms with van der Waals surface area (Å²) in [6.45, 7) is 0.0261. The fourth-order valence-electron chi connectivity index (χ4n) is 4.92. The Morgan fingerprint density at radius 1 is 1.17 bits per heavy atom. The van der Waals surface area contributed by atoms with Crippen LogP contribution < -0.4 is 20.5 Å². The topological polar surface area (TPSA) is 142 Å². The average molecular weight is 684 g/mol. The van der Waals surface area contributed by atoms with Crippen LogP contribution in [-0.4, -0.2) is 58.1 Å². The molecule has 2 aromatic carbocycles. The summed E-state index contributed by atoms with van der Waals surface area (Å²) >= 11 is 12.2. The van der Waals surface area contributed by atoms with Gasteiger partial charge in [0.25, 0.3) is 5.91 Å². The van der Waals surface area contributed by atoms with Crippen LogP contribution >= 0.6 is 23.2 Å². The summed E-state index contributed by atoms with van der Waals surface area (Å²) in [7, 11) is 1.36. The first kappa shape index (κ1) is 33.2. The van der Waals surface area contributed by atoms with Gasteiger partial charge in [0.1, 0.15) is 22.7 Å². The number of amides is 2. The van der Waals surface area contributed by atoms with Gasteiger partial charge in [-0.3, -0.25) is 14.3 Å². The number of ether oxygens (including phenoxy) is 2. The number of hydrogen-bond donors (Lipinski definition) is 3. The summed E-state index contributed by atoms with van der Waals surface area (Å²) < 4.78 is 72.2. The number of benzene rings is 2. The van der Waals surface area contributed by atoms with Crippen molar-refractivity contribution in [1.29, 1.82) is 0 Å². The molecular formula is C30H27Cl2F4N5O5. The number of methoxy groups -OCH3 is 1. The zero-order valence-electron chi connectivity index (χ0n) is 24.3. The Bertz CT molecular complexity index is 1850. The van der Waals surface area contributed by atoms with E-state index in [1.165, 1.54) is 32.2 Å². The molecule has 0 aliphatic heterocycles. The van der Waals surface area contributed by atoms with Crippen LogP contribution in [0.4, 0.5) is 17.6 Å². The van der Waals surface area contributed by atoms with Gasteiger partial charge < -0.3 is 25.6 Å². The molecule has 16 heteroatoms. The number of nitrogens with two attached hydrogens (primary N) is 1. The van der Waals surface area contributed by atoms with Gasteiger partial charge in [0.15, 0.2) is 5.82 Å². The van der Waals surface area contributed by atoms with Crippen molar-refractivity contribution in [3.05, 3.63) is 69.2 Å². The van der Waals surface area contributed by atoms with Gasteiger partial charge >= 0.3 is 6.18 Å². The number of rotatable bonds is 11. The monoisotopic (exact) mass is 683 g/mol. The maximum Gasteiger partial charge on any atom is 0.424 e. The number of carbonyl (C=O) groups excluding carboxylic acids is 2. The molecule has 0 radical (unpaired) electrons. The molecule has 1 fully saturated rings. The second-order valence-electron chi connectivity index (χ2n) is 10.6. The van der Waals surface area contributed by atoms with Gasteiger partial charge in [0.05, 0.1) is 54.0 Å². The molecule has 0 unspecified atom stereocenters. The van der Waals surface area contributed by atoms with Gasteiger partial charge in [-0.25, -0.2) is 9.37 Å². The van der Waals surface area contributed by atoms with E-state index in [4.69, 9.17) is 38.4 Å². The van der Waals surface area contributed by atoms with E-state index in [1.807, 2.05) is 0 Å². The molecule has 244 valence electrons. The number of nitrogens with zero attached hydrogens (tertiary/aromatic N) is 3. The molecule has 0 bridgehead atoms. The Hall–Kier alpha value is -4.14. The first-order valence-corrected chi connectivity index (χ1v) is 14.7. The zero-order valence-corrected chi connectivity index (χ0v) is 25.9. The summed E-state index contributed by atoms with van der Waals surface area (Å²) in [6, 6.07) is 6.05. The lowest BCUT2D eigenvalue weighted by Gasteiger charge is -2.31. The Labute approximate surface area is 269 Å². The summed E-state index contributed by atoms with van der Waals surface area (Å²) in [5.74, 6) is -3.16. The van der Waals surface area contributed by atoms with Crippen molar-refractivity contribution in [1.82, 2.24) is 20.1 Å². The molecule has 2 amide bonds. The van der Waals surface area contributed by atoms with Crippen LogP contribution in [0.5, 0.6) is 11.5 Å². The Kier molecular flexibility index (Phi) is 9.08. The number of hydrogen-bond acceptors (Lipinski definition) is 7. The zero-order chi connectivity index (χ0) is 33.6. The highest BCUT2D eigenvalue weighted by Crippen LogP contribution is 2.45. The standard InChI is InChI=1S/C30H27Cl2F4N5O5/c1-3-46-27-14(11-22(37)42)10-21(39-26(27)23-18(31)6-7-19(32)24(23)33)29(44,30(34,35)36)13-38-28(43)15-8-16-12-41(17-4-5-17)40-25(16)20(9-15)45-2/h6-10,12,17,44H,3-5,11,13H2,1-2H3,(H2,37,42)(H,38,43)/t29-/m0/s1. The van der Waals surface area contributed by atoms with Gasteiger partial charge in [-0.1, -0.05) is 23.2 Å². The quantitative estimate of drug-likeness (QED) is 0.140. The number of nitrogens with one attached hydrogen (secondary N) is 1. The number of aromatic nitrogens is 3. The van der Waals surface area contributed by atoms with Crippen molar-refractivity contribution in [2.24, 2.45) is 5.73 Å². The Balaban J connectivity index is 1.59. The number of pyridine rings is 1. The normalized spacial score (nSPS) is 14.6. The Morgan fingerprint density at radius 2 is 1.87 bits per heavy atom. The molecule has 5 rings (SSSR count). The highest BCUT2D eigenvalue weighted by molar-refractivity contribution is 6.35. The van der Waals surface area contributed by atoms with Crippen molar-refractivity contribution < 1.29 is 41.7 Å². The third kappa shape index (κ3) is 6.29. The molecule has 4 aromatic rings. The van der Waals surface area contributed by atoms with Crippen LogP contribution in [-0.2, 0) is 16.8 Å². The summed E-state index contributed by atoms with van der Waals surface area (Å²) in [4.78, 5) is 29.1. The van der Waals surface area contributed by atoms with Crippen molar-refractivity contribution in [2.45, 2.75) is 44.0 Å². The van der Waals surface area contributed by atoms with E-state index in [9.17, 15) is 27.9 Å². The van der Waals surface area contributed by atoms with E-state index in [0.717, 1.165) is 25.0 Å². The third-order valence-corrected chi connectivity index (χ3v) is 7.98. The predicted molar refractivity (Wildman–Crippen MR) is 161 cm³/mol. The van der Waals surface area contributed by atoms with Crippen molar-refractivity contribution in [3.63, 3.8) is 0 Å². The highest BCUT2D eigenvalue weighted by atomic mass is 35.5. The van der Waals surface area contributed by atoms with Crippen LogP contribution in [0.1, 0.15) is 47.4 Å². The lowest BCUT2D eigenvalue weighted by molar-refractivity contribution is -0.265. The van der Waals surface area contributed by atoms with Gasteiger partial charge in [0, 0.05) is 22.7 Å². The molecule has 2 heterocycles. The molecule has 10 nitrogen and oxygen atoms in total. The minimum absolute atomic E-state index is 0.0632. The van der Waals surface area contributed by atoms with Gasteiger partial charge in [-0.15, -0.1) is 0 Å². The fraction of sp³-hybridized carbons (Fsp3) is 0.333. The molecule has 0 saturated heterocycles. The van der Waals surface area contributed by atoms with Crippen LogP contribution in [0.3, 0.4) is 0 Å². The fourth-order valence-corrected chi connectivity index (χ4v) is 5.31. The van der Waals surface area contributed by atoms with E-state index in [-0.39, 0.29) is 40.3 Å². The Morgan fingerprint density at radius 3 is 2.48 bits per heavy atom. The number of alkyl halides is 3. The molecule has 0 spiro atoms. The average Bonchev–Trinajstić information content (AvgIpc) is 3.76. The summed E-state index contributed by atoms with van der Waals surface area (Å²) in [5.41, 5.74) is -0.542. The SMILES string of the molecule is CCOc1c(CC(N)=O)cc([C@@](O)(CNC(=O)c2cc(OC)c3nn(C4CC4)cc3c2)C(F)(F)F)nc1-c1c(Cl)ccc(Cl)c1F. The van der Waals surface area contributed by atoms with Crippen molar-refractivity contribution >= 4 is 45.9 Å². The second-order valence-corrected chi connectivity index (χ2v) is 11.5. The van der Waals surface area contributed by atoms with E-state index in [0.29, 0.717) is 10.9 Å². The molecule has 1 atom stereocenters. The maximum atomic E-state index is 15.3. The van der Waals surface area contributed by atoms with Gasteiger partial charge in [-0.05, 0) is 50.1 Å². The first-order chi connectivity index (χ1) is 21.7. The largest absolute Gasteiger partial charge is 0.494 e. The molecule has 4 N–H and O–H groups in total. The predicted octanol–water partition coefficient (Wildman–Crippen LogP) is 5.49. The molecule has 1 aliphatic rings. The number of primary amides is 1.